The van der Waals surface area contributed by atoms with Gasteiger partial charge in [0.25, 0.3) is 5.82 Å². The van der Waals surface area contributed by atoms with Crippen molar-refractivity contribution in [3.05, 3.63) is 11.6 Å². The minimum atomic E-state index is -0.456. The molecule has 1 heterocycles. The van der Waals surface area contributed by atoms with Gasteiger partial charge < -0.3 is 4.74 Å². The van der Waals surface area contributed by atoms with Gasteiger partial charge in [-0.15, -0.1) is 5.10 Å². The number of hydrogen-bond acceptors (Lipinski definition) is 4. The predicted octanol–water partition coefficient (Wildman–Crippen LogP) is 1.51. The number of rotatable bonds is 4. The van der Waals surface area contributed by atoms with Gasteiger partial charge in [-0.05, 0) is 13.3 Å². The van der Waals surface area contributed by atoms with Gasteiger partial charge in [-0.25, -0.2) is 9.78 Å². The molecule has 1 aromatic heterocycles. The second-order valence-electron chi connectivity index (χ2n) is 3.45. The zero-order valence-electron chi connectivity index (χ0n) is 9.65. The molecule has 1 rings (SSSR count). The molecule has 0 aliphatic carbocycles. The number of aromatic nitrogens is 3. The molecule has 0 spiro atoms. The Kier molecular flexibility index (Phi) is 3.82. The topological polar surface area (TPSA) is 57.0 Å². The van der Waals surface area contributed by atoms with E-state index >= 15 is 0 Å². The van der Waals surface area contributed by atoms with E-state index in [1.165, 1.54) is 0 Å². The van der Waals surface area contributed by atoms with Crippen molar-refractivity contribution in [3.63, 3.8) is 0 Å². The summed E-state index contributed by atoms with van der Waals surface area (Å²) in [6.07, 6.45) is 0.967. The summed E-state index contributed by atoms with van der Waals surface area (Å²) in [5.41, 5.74) is 0. The van der Waals surface area contributed by atoms with Crippen LogP contribution >= 0.6 is 0 Å². The van der Waals surface area contributed by atoms with Gasteiger partial charge in [0, 0.05) is 13.0 Å². The van der Waals surface area contributed by atoms with Crippen molar-refractivity contribution in [1.82, 2.24) is 14.8 Å². The van der Waals surface area contributed by atoms with E-state index in [0.29, 0.717) is 12.5 Å². The van der Waals surface area contributed by atoms with E-state index in [9.17, 15) is 4.79 Å². The average molecular weight is 211 g/mol. The van der Waals surface area contributed by atoms with Gasteiger partial charge in [-0.1, -0.05) is 13.8 Å². The molecule has 5 nitrogen and oxygen atoms in total. The summed E-state index contributed by atoms with van der Waals surface area (Å²) in [7, 11) is 1.79. The van der Waals surface area contributed by atoms with Crippen LogP contribution in [0.5, 0.6) is 0 Å². The molecule has 0 N–H and O–H groups in total. The lowest BCUT2D eigenvalue weighted by molar-refractivity contribution is 0.0512. The first-order chi connectivity index (χ1) is 7.10. The van der Waals surface area contributed by atoms with E-state index in [1.807, 2.05) is 0 Å². The average Bonchev–Trinajstić information content (AvgIpc) is 2.60. The number of carbonyl (C=O) groups excluding carboxylic acids is 1. The number of hydrogen-bond donors (Lipinski definition) is 0. The highest BCUT2D eigenvalue weighted by molar-refractivity contribution is 5.84. The van der Waals surface area contributed by atoms with E-state index in [1.54, 1.807) is 18.7 Å². The smallest absolute Gasteiger partial charge is 0.378 e. The maximum atomic E-state index is 11.4. The normalized spacial score (nSPS) is 12.5. The third kappa shape index (κ3) is 2.55. The number of esters is 1. The molecule has 0 aliphatic heterocycles. The fourth-order valence-corrected chi connectivity index (χ4v) is 1.29. The van der Waals surface area contributed by atoms with Crippen molar-refractivity contribution >= 4 is 5.97 Å². The number of nitrogens with zero attached hydrogens (tertiary/aromatic N) is 3. The Morgan fingerprint density at radius 3 is 2.73 bits per heavy atom. The molecule has 0 bridgehead atoms. The zero-order valence-corrected chi connectivity index (χ0v) is 9.65. The van der Waals surface area contributed by atoms with Gasteiger partial charge in [0.15, 0.2) is 0 Å². The van der Waals surface area contributed by atoms with Crippen molar-refractivity contribution in [2.75, 3.05) is 6.61 Å². The van der Waals surface area contributed by atoms with Gasteiger partial charge in [0.2, 0.25) is 0 Å². The summed E-state index contributed by atoms with van der Waals surface area (Å²) >= 11 is 0. The molecule has 0 radical (unpaired) electrons. The standard InChI is InChI=1S/C10H17N3O2/c1-5-7(3)9-11-8(12-13(9)4)10(14)15-6-2/h7H,5-6H2,1-4H3. The Hall–Kier alpha value is -1.39. The Balaban J connectivity index is 2.90. The van der Waals surface area contributed by atoms with Gasteiger partial charge in [0.1, 0.15) is 5.82 Å². The van der Waals surface area contributed by atoms with Crippen LogP contribution in [-0.4, -0.2) is 27.3 Å². The van der Waals surface area contributed by atoms with E-state index in [-0.39, 0.29) is 5.82 Å². The molecular weight excluding hydrogens is 194 g/mol. The molecule has 0 aromatic carbocycles. The highest BCUT2D eigenvalue weighted by atomic mass is 16.5. The van der Waals surface area contributed by atoms with Gasteiger partial charge in [0.05, 0.1) is 6.61 Å². The molecule has 84 valence electrons. The minimum Gasteiger partial charge on any atom is -0.460 e. The van der Waals surface area contributed by atoms with Crippen LogP contribution < -0.4 is 0 Å². The first-order valence-corrected chi connectivity index (χ1v) is 5.18. The molecule has 0 amide bonds. The zero-order chi connectivity index (χ0) is 11.4. The largest absolute Gasteiger partial charge is 0.460 e. The Morgan fingerprint density at radius 2 is 2.20 bits per heavy atom. The first-order valence-electron chi connectivity index (χ1n) is 5.18. The van der Waals surface area contributed by atoms with E-state index in [0.717, 1.165) is 12.2 Å². The van der Waals surface area contributed by atoms with Crippen LogP contribution in [0, 0.1) is 0 Å². The lowest BCUT2D eigenvalue weighted by Crippen LogP contribution is -2.07. The van der Waals surface area contributed by atoms with Crippen molar-refractivity contribution in [2.24, 2.45) is 7.05 Å². The fraction of sp³-hybridized carbons (Fsp3) is 0.700. The van der Waals surface area contributed by atoms with Crippen LogP contribution in [0.1, 0.15) is 49.6 Å². The summed E-state index contributed by atoms with van der Waals surface area (Å²) in [6, 6.07) is 0. The molecule has 1 aromatic rings. The maximum Gasteiger partial charge on any atom is 0.378 e. The van der Waals surface area contributed by atoms with Crippen molar-refractivity contribution < 1.29 is 9.53 Å². The van der Waals surface area contributed by atoms with Crippen LogP contribution in [0.2, 0.25) is 0 Å². The fourth-order valence-electron chi connectivity index (χ4n) is 1.29. The number of carbonyl (C=O) groups is 1. The van der Waals surface area contributed by atoms with E-state index in [4.69, 9.17) is 4.74 Å². The second kappa shape index (κ2) is 4.91. The summed E-state index contributed by atoms with van der Waals surface area (Å²) in [5, 5.41) is 4.03. The SMILES string of the molecule is CCOC(=O)c1nc(C(C)CC)n(C)n1. The molecule has 0 fully saturated rings. The third-order valence-corrected chi connectivity index (χ3v) is 2.31. The van der Waals surface area contributed by atoms with Crippen LogP contribution in [0.3, 0.4) is 0 Å². The van der Waals surface area contributed by atoms with E-state index in [2.05, 4.69) is 23.9 Å². The van der Waals surface area contributed by atoms with Crippen LogP contribution in [0.15, 0.2) is 0 Å². The van der Waals surface area contributed by atoms with E-state index < -0.39 is 5.97 Å². The highest BCUT2D eigenvalue weighted by Gasteiger charge is 2.18. The number of ether oxygens (including phenoxy) is 1. The Labute approximate surface area is 89.5 Å². The molecule has 0 saturated carbocycles. The van der Waals surface area contributed by atoms with Gasteiger partial charge in [-0.3, -0.25) is 4.68 Å². The quantitative estimate of drug-likeness (QED) is 0.708. The molecule has 0 aliphatic rings. The molecule has 1 unspecified atom stereocenters. The molecule has 1 atom stereocenters. The lowest BCUT2D eigenvalue weighted by Gasteiger charge is -2.05. The molecular formula is C10H17N3O2. The summed E-state index contributed by atoms with van der Waals surface area (Å²) in [4.78, 5) is 15.5. The van der Waals surface area contributed by atoms with Crippen molar-refractivity contribution in [1.29, 1.82) is 0 Å². The van der Waals surface area contributed by atoms with Crippen LogP contribution in [0.4, 0.5) is 0 Å². The van der Waals surface area contributed by atoms with Gasteiger partial charge >= 0.3 is 5.97 Å². The third-order valence-electron chi connectivity index (χ3n) is 2.31. The molecule has 0 saturated heterocycles. The highest BCUT2D eigenvalue weighted by Crippen LogP contribution is 2.15. The number of aryl methyl sites for hydroxylation is 1. The summed E-state index contributed by atoms with van der Waals surface area (Å²) in [5.74, 6) is 0.809. The monoisotopic (exact) mass is 211 g/mol. The first kappa shape index (κ1) is 11.7. The van der Waals surface area contributed by atoms with Crippen LogP contribution in [-0.2, 0) is 11.8 Å². The Bertz CT molecular complexity index is 346. The lowest BCUT2D eigenvalue weighted by atomic mass is 10.1. The van der Waals surface area contributed by atoms with Crippen LogP contribution in [0.25, 0.3) is 0 Å². The molecule has 5 heteroatoms. The summed E-state index contributed by atoms with van der Waals surface area (Å²) < 4.78 is 6.47. The molecule has 15 heavy (non-hydrogen) atoms. The Morgan fingerprint density at radius 1 is 1.53 bits per heavy atom. The minimum absolute atomic E-state index is 0.148. The van der Waals surface area contributed by atoms with Gasteiger partial charge in [-0.2, -0.15) is 0 Å². The predicted molar refractivity (Wildman–Crippen MR) is 55.7 cm³/mol. The summed E-state index contributed by atoms with van der Waals surface area (Å²) in [6.45, 7) is 6.23. The second-order valence-corrected chi connectivity index (χ2v) is 3.45. The van der Waals surface area contributed by atoms with Crippen molar-refractivity contribution in [2.45, 2.75) is 33.1 Å². The maximum absolute atomic E-state index is 11.4. The van der Waals surface area contributed by atoms with Crippen molar-refractivity contribution in [3.8, 4) is 0 Å².